The Kier molecular flexibility index (Phi) is 4.58. The second-order valence-electron chi connectivity index (χ2n) is 3.70. The number of ether oxygens (including phenoxy) is 1. The van der Waals surface area contributed by atoms with Gasteiger partial charge in [-0.15, -0.1) is 10.2 Å². The number of nitrogen functional groups attached to an aromatic ring is 1. The van der Waals surface area contributed by atoms with Gasteiger partial charge in [0, 0.05) is 0 Å². The van der Waals surface area contributed by atoms with Crippen molar-refractivity contribution in [1.29, 1.82) is 0 Å². The van der Waals surface area contributed by atoms with Crippen LogP contribution in [0.3, 0.4) is 0 Å². The Morgan fingerprint density at radius 3 is 2.81 bits per heavy atom. The van der Waals surface area contributed by atoms with E-state index in [2.05, 4.69) is 14.9 Å². The number of thioether (sulfide) groups is 1. The number of hydrogen-bond donors (Lipinski definition) is 2. The molecule has 0 spiro atoms. The van der Waals surface area contributed by atoms with E-state index in [1.165, 1.54) is 22.8 Å². The summed E-state index contributed by atoms with van der Waals surface area (Å²) in [4.78, 5) is 10.6. The molecule has 1 aromatic carbocycles. The normalized spacial score (nSPS) is 10.8. The molecular weight excluding hydrogens is 306 g/mol. The van der Waals surface area contributed by atoms with E-state index in [4.69, 9.17) is 10.8 Å². The van der Waals surface area contributed by atoms with Gasteiger partial charge in [-0.2, -0.15) is 8.78 Å². The maximum Gasteiger partial charge on any atom is 0.387 e. The SMILES string of the molecule is Nc1nnc(SCC(=O)O)n1-c1ccccc1OC(F)F. The number of alkyl halides is 2. The number of nitrogens with two attached hydrogens (primary N) is 1. The highest BCUT2D eigenvalue weighted by Crippen LogP contribution is 2.30. The largest absolute Gasteiger partial charge is 0.481 e. The van der Waals surface area contributed by atoms with Crippen LogP contribution in [0.15, 0.2) is 29.4 Å². The van der Waals surface area contributed by atoms with Gasteiger partial charge in [0.05, 0.1) is 11.4 Å². The molecule has 0 radical (unpaired) electrons. The van der Waals surface area contributed by atoms with Gasteiger partial charge >= 0.3 is 12.6 Å². The lowest BCUT2D eigenvalue weighted by atomic mass is 10.3. The summed E-state index contributed by atoms with van der Waals surface area (Å²) < 4.78 is 30.5. The van der Waals surface area contributed by atoms with Crippen molar-refractivity contribution in [3.63, 3.8) is 0 Å². The summed E-state index contributed by atoms with van der Waals surface area (Å²) in [7, 11) is 0. The van der Waals surface area contributed by atoms with Crippen LogP contribution in [0.4, 0.5) is 14.7 Å². The average molecular weight is 316 g/mol. The Morgan fingerprint density at radius 1 is 1.43 bits per heavy atom. The van der Waals surface area contributed by atoms with E-state index in [-0.39, 0.29) is 28.3 Å². The zero-order valence-corrected chi connectivity index (χ0v) is 11.3. The fraction of sp³-hybridized carbons (Fsp3) is 0.182. The highest BCUT2D eigenvalue weighted by molar-refractivity contribution is 7.99. The lowest BCUT2D eigenvalue weighted by molar-refractivity contribution is -0.133. The second-order valence-corrected chi connectivity index (χ2v) is 4.65. The van der Waals surface area contributed by atoms with E-state index < -0.39 is 12.6 Å². The molecule has 1 heterocycles. The molecule has 2 rings (SSSR count). The van der Waals surface area contributed by atoms with E-state index in [9.17, 15) is 13.6 Å². The number of benzene rings is 1. The molecule has 0 amide bonds. The van der Waals surface area contributed by atoms with Crippen LogP contribution in [0.25, 0.3) is 5.69 Å². The Labute approximate surface area is 121 Å². The predicted octanol–water partition coefficient (Wildman–Crippen LogP) is 1.63. The lowest BCUT2D eigenvalue weighted by Crippen LogP contribution is -2.09. The van der Waals surface area contributed by atoms with E-state index in [1.807, 2.05) is 0 Å². The third-order valence-electron chi connectivity index (χ3n) is 2.31. The molecule has 0 unspecified atom stereocenters. The van der Waals surface area contributed by atoms with Gasteiger partial charge < -0.3 is 15.6 Å². The van der Waals surface area contributed by atoms with Crippen LogP contribution in [0, 0.1) is 0 Å². The molecular formula is C11H10F2N4O3S. The van der Waals surface area contributed by atoms with Crippen molar-refractivity contribution in [3.05, 3.63) is 24.3 Å². The van der Waals surface area contributed by atoms with Crippen molar-refractivity contribution in [2.75, 3.05) is 11.5 Å². The van der Waals surface area contributed by atoms with Crippen LogP contribution in [0.5, 0.6) is 5.75 Å². The number of para-hydroxylation sites is 2. The van der Waals surface area contributed by atoms with Crippen LogP contribution >= 0.6 is 11.8 Å². The maximum absolute atomic E-state index is 12.4. The molecule has 10 heteroatoms. The molecule has 3 N–H and O–H groups in total. The average Bonchev–Trinajstić information content (AvgIpc) is 2.77. The first kappa shape index (κ1) is 15.0. The fourth-order valence-corrected chi connectivity index (χ4v) is 2.24. The standard InChI is InChI=1S/C11H10F2N4O3S/c12-9(13)20-7-4-2-1-3-6(7)17-10(14)15-16-11(17)21-5-8(18)19/h1-4,9H,5H2,(H2,14,15)(H,18,19). The van der Waals surface area contributed by atoms with Crippen molar-refractivity contribution in [2.45, 2.75) is 11.8 Å². The summed E-state index contributed by atoms with van der Waals surface area (Å²) in [6.45, 7) is -3.00. The van der Waals surface area contributed by atoms with Crippen LogP contribution in [-0.4, -0.2) is 38.2 Å². The van der Waals surface area contributed by atoms with Crippen molar-refractivity contribution in [3.8, 4) is 11.4 Å². The lowest BCUT2D eigenvalue weighted by Gasteiger charge is -2.13. The number of nitrogens with zero attached hydrogens (tertiary/aromatic N) is 3. The van der Waals surface area contributed by atoms with Crippen molar-refractivity contribution >= 4 is 23.7 Å². The number of aliphatic carboxylic acids is 1. The zero-order chi connectivity index (χ0) is 15.4. The minimum atomic E-state index is -3.00. The van der Waals surface area contributed by atoms with Crippen LogP contribution in [-0.2, 0) is 4.79 Å². The molecule has 2 aromatic rings. The Balaban J connectivity index is 2.42. The summed E-state index contributed by atoms with van der Waals surface area (Å²) >= 11 is 0.865. The Hall–Kier alpha value is -2.36. The third-order valence-corrected chi connectivity index (χ3v) is 3.22. The number of carbonyl (C=O) groups is 1. The number of aromatic nitrogens is 3. The number of hydrogen-bond acceptors (Lipinski definition) is 6. The third kappa shape index (κ3) is 3.60. The smallest absolute Gasteiger partial charge is 0.387 e. The van der Waals surface area contributed by atoms with E-state index in [1.54, 1.807) is 6.07 Å². The molecule has 0 aliphatic rings. The first-order chi connectivity index (χ1) is 9.99. The second kappa shape index (κ2) is 6.39. The van der Waals surface area contributed by atoms with E-state index >= 15 is 0 Å². The summed E-state index contributed by atoms with van der Waals surface area (Å²) in [5.41, 5.74) is 5.87. The van der Waals surface area contributed by atoms with Crippen molar-refractivity contribution in [1.82, 2.24) is 14.8 Å². The first-order valence-corrected chi connectivity index (χ1v) is 6.57. The van der Waals surface area contributed by atoms with Crippen molar-refractivity contribution < 1.29 is 23.4 Å². The Bertz CT molecular complexity index is 650. The molecule has 1 aromatic heterocycles. The summed E-state index contributed by atoms with van der Waals surface area (Å²) in [6.07, 6.45) is 0. The van der Waals surface area contributed by atoms with Gasteiger partial charge in [-0.05, 0) is 12.1 Å². The topological polar surface area (TPSA) is 103 Å². The molecule has 0 bridgehead atoms. The molecule has 0 atom stereocenters. The number of carboxylic acid groups (broad SMARTS) is 1. The number of rotatable bonds is 6. The Morgan fingerprint density at radius 2 is 2.14 bits per heavy atom. The van der Waals surface area contributed by atoms with Crippen LogP contribution in [0.1, 0.15) is 0 Å². The van der Waals surface area contributed by atoms with Gasteiger partial charge in [0.2, 0.25) is 5.95 Å². The number of carboxylic acids is 1. The molecule has 0 aliphatic heterocycles. The number of halogens is 2. The van der Waals surface area contributed by atoms with Gasteiger partial charge in [-0.25, -0.2) is 0 Å². The van der Waals surface area contributed by atoms with Crippen LogP contribution in [0.2, 0.25) is 0 Å². The quantitative estimate of drug-likeness (QED) is 0.781. The van der Waals surface area contributed by atoms with Gasteiger partial charge in [0.1, 0.15) is 5.75 Å². The summed E-state index contributed by atoms with van der Waals surface area (Å²) in [6, 6.07) is 5.94. The molecule has 21 heavy (non-hydrogen) atoms. The van der Waals surface area contributed by atoms with Gasteiger partial charge in [-0.1, -0.05) is 23.9 Å². The molecule has 0 aliphatic carbocycles. The molecule has 112 valence electrons. The van der Waals surface area contributed by atoms with E-state index in [0.29, 0.717) is 0 Å². The van der Waals surface area contributed by atoms with E-state index in [0.717, 1.165) is 11.8 Å². The zero-order valence-electron chi connectivity index (χ0n) is 10.4. The van der Waals surface area contributed by atoms with Gasteiger partial charge in [-0.3, -0.25) is 9.36 Å². The van der Waals surface area contributed by atoms with Crippen molar-refractivity contribution in [2.24, 2.45) is 0 Å². The minimum absolute atomic E-state index is 0.0618. The fourth-order valence-electron chi connectivity index (χ4n) is 1.57. The first-order valence-electron chi connectivity index (χ1n) is 5.58. The number of anilines is 1. The monoisotopic (exact) mass is 316 g/mol. The van der Waals surface area contributed by atoms with Crippen LogP contribution < -0.4 is 10.5 Å². The maximum atomic E-state index is 12.4. The van der Waals surface area contributed by atoms with Gasteiger partial charge in [0.15, 0.2) is 5.16 Å². The molecule has 7 nitrogen and oxygen atoms in total. The molecule has 0 saturated heterocycles. The molecule has 0 fully saturated rings. The highest BCUT2D eigenvalue weighted by atomic mass is 32.2. The minimum Gasteiger partial charge on any atom is -0.481 e. The highest BCUT2D eigenvalue weighted by Gasteiger charge is 2.18. The predicted molar refractivity (Wildman–Crippen MR) is 70.8 cm³/mol. The summed E-state index contributed by atoms with van der Waals surface area (Å²) in [5, 5.41) is 16.2. The molecule has 0 saturated carbocycles. The summed E-state index contributed by atoms with van der Waals surface area (Å²) in [5.74, 6) is -1.50. The van der Waals surface area contributed by atoms with Gasteiger partial charge in [0.25, 0.3) is 0 Å².